The van der Waals surface area contributed by atoms with Crippen molar-refractivity contribution in [2.45, 2.75) is 63.5 Å². The first-order valence-corrected chi connectivity index (χ1v) is 6.64. The first kappa shape index (κ1) is 11.4. The molecule has 2 nitrogen and oxygen atoms in total. The number of hydrogen-bond acceptors (Lipinski definition) is 2. The smallest absolute Gasteiger partial charge is 0.0571 e. The van der Waals surface area contributed by atoms with E-state index < -0.39 is 0 Å². The molecule has 1 saturated heterocycles. The Balaban J connectivity index is 1.67. The third-order valence-electron chi connectivity index (χ3n) is 4.16. The zero-order chi connectivity index (χ0) is 10.5. The predicted molar refractivity (Wildman–Crippen MR) is 63.0 cm³/mol. The van der Waals surface area contributed by atoms with Crippen LogP contribution in [0.15, 0.2) is 0 Å². The van der Waals surface area contributed by atoms with Crippen LogP contribution in [0.5, 0.6) is 0 Å². The molecule has 2 fully saturated rings. The second-order valence-corrected chi connectivity index (χ2v) is 5.26. The number of hydrogen-bond donors (Lipinski definition) is 1. The van der Waals surface area contributed by atoms with Gasteiger partial charge in [-0.15, -0.1) is 0 Å². The molecule has 1 unspecified atom stereocenters. The number of ether oxygens (including phenoxy) is 1. The lowest BCUT2D eigenvalue weighted by Gasteiger charge is -2.32. The highest BCUT2D eigenvalue weighted by Gasteiger charge is 2.24. The molecule has 0 spiro atoms. The standard InChI is InChI=1S/C13H25NO/c1-15-13-7-5-11(6-8-13)10-12-4-2-3-9-14-12/h11-14H,2-10H2,1H3. The summed E-state index contributed by atoms with van der Waals surface area (Å²) in [5, 5.41) is 3.66. The maximum atomic E-state index is 5.41. The topological polar surface area (TPSA) is 21.3 Å². The largest absolute Gasteiger partial charge is 0.381 e. The highest BCUT2D eigenvalue weighted by atomic mass is 16.5. The monoisotopic (exact) mass is 211 g/mol. The summed E-state index contributed by atoms with van der Waals surface area (Å²) >= 11 is 0. The summed E-state index contributed by atoms with van der Waals surface area (Å²) in [5.41, 5.74) is 0. The van der Waals surface area contributed by atoms with E-state index in [4.69, 9.17) is 4.74 Å². The van der Waals surface area contributed by atoms with Crippen molar-refractivity contribution < 1.29 is 4.74 Å². The van der Waals surface area contributed by atoms with Crippen molar-refractivity contribution in [1.29, 1.82) is 0 Å². The van der Waals surface area contributed by atoms with Crippen molar-refractivity contribution in [2.75, 3.05) is 13.7 Å². The van der Waals surface area contributed by atoms with Gasteiger partial charge in [0.05, 0.1) is 6.10 Å². The van der Waals surface area contributed by atoms with Gasteiger partial charge >= 0.3 is 0 Å². The molecular formula is C13H25NO. The lowest BCUT2D eigenvalue weighted by molar-refractivity contribution is 0.0533. The molecule has 0 bridgehead atoms. The molecule has 0 aromatic carbocycles. The maximum Gasteiger partial charge on any atom is 0.0571 e. The summed E-state index contributed by atoms with van der Waals surface area (Å²) in [6, 6.07) is 0.822. The van der Waals surface area contributed by atoms with Gasteiger partial charge < -0.3 is 10.1 Å². The molecule has 88 valence electrons. The average Bonchev–Trinajstić information content (AvgIpc) is 2.31. The maximum absolute atomic E-state index is 5.41. The van der Waals surface area contributed by atoms with Gasteiger partial charge in [0, 0.05) is 13.2 Å². The van der Waals surface area contributed by atoms with Crippen molar-refractivity contribution in [3.63, 3.8) is 0 Å². The van der Waals surface area contributed by atoms with Gasteiger partial charge in [-0.25, -0.2) is 0 Å². The molecule has 2 rings (SSSR count). The summed E-state index contributed by atoms with van der Waals surface area (Å²) in [7, 11) is 1.85. The summed E-state index contributed by atoms with van der Waals surface area (Å²) in [5.74, 6) is 0.965. The Kier molecular flexibility index (Phi) is 4.45. The van der Waals surface area contributed by atoms with Crippen LogP contribution in [-0.2, 0) is 4.74 Å². The molecular weight excluding hydrogens is 186 g/mol. The van der Waals surface area contributed by atoms with E-state index in [2.05, 4.69) is 5.32 Å². The molecule has 0 aromatic rings. The van der Waals surface area contributed by atoms with E-state index in [0.29, 0.717) is 6.10 Å². The van der Waals surface area contributed by atoms with Crippen LogP contribution in [0.25, 0.3) is 0 Å². The molecule has 2 heteroatoms. The normalized spacial score (nSPS) is 37.8. The molecule has 0 amide bonds. The summed E-state index contributed by atoms with van der Waals surface area (Å²) < 4.78 is 5.41. The minimum Gasteiger partial charge on any atom is -0.381 e. The van der Waals surface area contributed by atoms with Crippen LogP contribution in [-0.4, -0.2) is 25.8 Å². The fourth-order valence-corrected chi connectivity index (χ4v) is 3.13. The fraction of sp³-hybridized carbons (Fsp3) is 1.00. The first-order chi connectivity index (χ1) is 7.38. The van der Waals surface area contributed by atoms with Crippen molar-refractivity contribution in [2.24, 2.45) is 5.92 Å². The van der Waals surface area contributed by atoms with E-state index in [-0.39, 0.29) is 0 Å². The van der Waals surface area contributed by atoms with Gasteiger partial charge in [-0.3, -0.25) is 0 Å². The lowest BCUT2D eigenvalue weighted by Crippen LogP contribution is -2.36. The van der Waals surface area contributed by atoms with Crippen LogP contribution in [0.3, 0.4) is 0 Å². The van der Waals surface area contributed by atoms with Crippen LogP contribution in [0.2, 0.25) is 0 Å². The van der Waals surface area contributed by atoms with E-state index in [9.17, 15) is 0 Å². The summed E-state index contributed by atoms with van der Waals surface area (Å²) in [6.07, 6.45) is 11.5. The lowest BCUT2D eigenvalue weighted by atomic mass is 9.82. The second-order valence-electron chi connectivity index (χ2n) is 5.26. The molecule has 1 aliphatic heterocycles. The van der Waals surface area contributed by atoms with Crippen LogP contribution in [0.4, 0.5) is 0 Å². The van der Waals surface area contributed by atoms with E-state index in [0.717, 1.165) is 12.0 Å². The Morgan fingerprint density at radius 2 is 1.87 bits per heavy atom. The quantitative estimate of drug-likeness (QED) is 0.775. The molecule has 1 heterocycles. The van der Waals surface area contributed by atoms with Gasteiger partial charge in [0.2, 0.25) is 0 Å². The Morgan fingerprint density at radius 1 is 1.07 bits per heavy atom. The zero-order valence-corrected chi connectivity index (χ0v) is 10.0. The van der Waals surface area contributed by atoms with Gasteiger partial charge in [0.1, 0.15) is 0 Å². The van der Waals surface area contributed by atoms with Crippen LogP contribution < -0.4 is 5.32 Å². The van der Waals surface area contributed by atoms with Crippen LogP contribution in [0, 0.1) is 5.92 Å². The van der Waals surface area contributed by atoms with Crippen molar-refractivity contribution in [1.82, 2.24) is 5.32 Å². The highest BCUT2D eigenvalue weighted by molar-refractivity contribution is 4.79. The summed E-state index contributed by atoms with van der Waals surface area (Å²) in [6.45, 7) is 1.25. The number of nitrogens with one attached hydrogen (secondary N) is 1. The van der Waals surface area contributed by atoms with Crippen molar-refractivity contribution in [3.05, 3.63) is 0 Å². The number of methoxy groups -OCH3 is 1. The van der Waals surface area contributed by atoms with Crippen LogP contribution >= 0.6 is 0 Å². The molecule has 0 aromatic heterocycles. The SMILES string of the molecule is COC1CCC(CC2CCCCN2)CC1. The molecule has 1 aliphatic carbocycles. The minimum atomic E-state index is 0.556. The van der Waals surface area contributed by atoms with E-state index in [1.165, 1.54) is 57.9 Å². The van der Waals surface area contributed by atoms with Crippen LogP contribution in [0.1, 0.15) is 51.4 Å². The molecule has 1 saturated carbocycles. The van der Waals surface area contributed by atoms with Gasteiger partial charge in [-0.2, -0.15) is 0 Å². The third-order valence-corrected chi connectivity index (χ3v) is 4.16. The van der Waals surface area contributed by atoms with Crippen molar-refractivity contribution >= 4 is 0 Å². The number of piperidine rings is 1. The Hall–Kier alpha value is -0.0800. The van der Waals surface area contributed by atoms with Gasteiger partial charge in [0.15, 0.2) is 0 Å². The third kappa shape index (κ3) is 3.46. The molecule has 2 aliphatic rings. The highest BCUT2D eigenvalue weighted by Crippen LogP contribution is 2.30. The summed E-state index contributed by atoms with van der Waals surface area (Å²) in [4.78, 5) is 0. The molecule has 15 heavy (non-hydrogen) atoms. The number of rotatable bonds is 3. The predicted octanol–water partition coefficient (Wildman–Crippen LogP) is 2.72. The van der Waals surface area contributed by atoms with Gasteiger partial charge in [0.25, 0.3) is 0 Å². The Labute approximate surface area is 93.8 Å². The first-order valence-electron chi connectivity index (χ1n) is 6.64. The van der Waals surface area contributed by atoms with Gasteiger partial charge in [-0.1, -0.05) is 6.42 Å². The van der Waals surface area contributed by atoms with Gasteiger partial charge in [-0.05, 0) is 57.4 Å². The average molecular weight is 211 g/mol. The molecule has 1 atom stereocenters. The van der Waals surface area contributed by atoms with E-state index in [1.807, 2.05) is 7.11 Å². The second kappa shape index (κ2) is 5.86. The van der Waals surface area contributed by atoms with Crippen molar-refractivity contribution in [3.8, 4) is 0 Å². The molecule has 1 N–H and O–H groups in total. The molecule has 0 radical (unpaired) electrons. The Morgan fingerprint density at radius 3 is 2.47 bits per heavy atom. The Bertz CT molecular complexity index is 169. The fourth-order valence-electron chi connectivity index (χ4n) is 3.13. The zero-order valence-electron chi connectivity index (χ0n) is 10.0. The van der Waals surface area contributed by atoms with E-state index in [1.54, 1.807) is 0 Å². The minimum absolute atomic E-state index is 0.556. The van der Waals surface area contributed by atoms with E-state index >= 15 is 0 Å².